The van der Waals surface area contributed by atoms with E-state index in [0.29, 0.717) is 11.8 Å². The molecule has 0 bridgehead atoms. The van der Waals surface area contributed by atoms with Gasteiger partial charge in [0.15, 0.2) is 5.82 Å². The van der Waals surface area contributed by atoms with Crippen molar-refractivity contribution in [3.8, 4) is 0 Å². The molecule has 0 spiro atoms. The summed E-state index contributed by atoms with van der Waals surface area (Å²) in [5.41, 5.74) is 0.846. The fourth-order valence-electron chi connectivity index (χ4n) is 3.94. The summed E-state index contributed by atoms with van der Waals surface area (Å²) in [6.45, 7) is 7.02. The Balaban J connectivity index is 1.28. The molecule has 8 heteroatoms. The highest BCUT2D eigenvalue weighted by molar-refractivity contribution is 7.13. The van der Waals surface area contributed by atoms with E-state index in [1.807, 2.05) is 18.7 Å². The van der Waals surface area contributed by atoms with Crippen LogP contribution in [0, 0.1) is 19.8 Å². The molecule has 1 unspecified atom stereocenters. The summed E-state index contributed by atoms with van der Waals surface area (Å²) in [4.78, 5) is 24.4. The van der Waals surface area contributed by atoms with Crippen molar-refractivity contribution >= 4 is 17.2 Å². The van der Waals surface area contributed by atoms with Crippen molar-refractivity contribution in [2.24, 2.45) is 5.92 Å². The van der Waals surface area contributed by atoms with Crippen molar-refractivity contribution in [3.05, 3.63) is 27.3 Å². The maximum absolute atomic E-state index is 12.7. The third-order valence-corrected chi connectivity index (χ3v) is 6.56. The molecule has 0 aliphatic carbocycles. The first-order chi connectivity index (χ1) is 13.1. The lowest BCUT2D eigenvalue weighted by atomic mass is 10.0. The number of hydrogen-bond donors (Lipinski definition) is 0. The van der Waals surface area contributed by atoms with Crippen LogP contribution in [0.25, 0.3) is 0 Å². The molecule has 27 heavy (non-hydrogen) atoms. The van der Waals surface area contributed by atoms with Crippen LogP contribution in [-0.4, -0.2) is 52.2 Å². The molecule has 2 aromatic heterocycles. The van der Waals surface area contributed by atoms with Gasteiger partial charge < -0.3 is 14.2 Å². The Hall–Kier alpha value is -1.80. The lowest BCUT2D eigenvalue weighted by Crippen LogP contribution is -2.28. The molecule has 0 radical (unpaired) electrons. The Bertz CT molecular complexity index is 797. The van der Waals surface area contributed by atoms with E-state index in [4.69, 9.17) is 9.26 Å². The molecule has 2 fully saturated rings. The van der Waals surface area contributed by atoms with Crippen LogP contribution in [0.3, 0.4) is 0 Å². The minimum atomic E-state index is 0.127. The molecule has 0 aromatic carbocycles. The van der Waals surface area contributed by atoms with Gasteiger partial charge in [-0.25, -0.2) is 4.98 Å². The van der Waals surface area contributed by atoms with Gasteiger partial charge in [-0.2, -0.15) is 4.98 Å². The van der Waals surface area contributed by atoms with Gasteiger partial charge in [-0.15, -0.1) is 11.3 Å². The minimum absolute atomic E-state index is 0.127. The third kappa shape index (κ3) is 4.21. The van der Waals surface area contributed by atoms with Crippen molar-refractivity contribution in [1.29, 1.82) is 0 Å². The Labute approximate surface area is 163 Å². The number of rotatable bonds is 5. The lowest BCUT2D eigenvalue weighted by Gasteiger charge is -2.17. The number of thiazole rings is 1. The number of aryl methyl sites for hydroxylation is 3. The Kier molecular flexibility index (Phi) is 5.54. The Morgan fingerprint density at radius 3 is 2.78 bits per heavy atom. The first kappa shape index (κ1) is 18.6. The average molecular weight is 391 g/mol. The lowest BCUT2D eigenvalue weighted by molar-refractivity contribution is 0.0778. The van der Waals surface area contributed by atoms with Crippen LogP contribution in [0.5, 0.6) is 0 Å². The fourth-order valence-corrected chi connectivity index (χ4v) is 4.83. The fraction of sp³-hybridized carbons (Fsp3) is 0.684. The molecule has 146 valence electrons. The van der Waals surface area contributed by atoms with Gasteiger partial charge in [-0.1, -0.05) is 5.16 Å². The zero-order valence-electron chi connectivity index (χ0n) is 15.9. The molecule has 0 saturated carbocycles. The molecule has 4 heterocycles. The zero-order valence-corrected chi connectivity index (χ0v) is 16.8. The molecule has 2 saturated heterocycles. The summed E-state index contributed by atoms with van der Waals surface area (Å²) in [6.07, 6.45) is 4.73. The molecular formula is C19H26N4O3S. The second-order valence-electron chi connectivity index (χ2n) is 7.53. The van der Waals surface area contributed by atoms with Crippen LogP contribution >= 0.6 is 11.3 Å². The quantitative estimate of drug-likeness (QED) is 0.780. The molecular weight excluding hydrogens is 364 g/mol. The summed E-state index contributed by atoms with van der Waals surface area (Å²) >= 11 is 1.49. The minimum Gasteiger partial charge on any atom is -0.381 e. The molecule has 2 aliphatic rings. The summed E-state index contributed by atoms with van der Waals surface area (Å²) in [5, 5.41) is 5.10. The summed E-state index contributed by atoms with van der Waals surface area (Å²) in [6, 6.07) is 0. The Morgan fingerprint density at radius 2 is 2.04 bits per heavy atom. The molecule has 0 N–H and O–H groups in total. The summed E-state index contributed by atoms with van der Waals surface area (Å²) in [5.74, 6) is 2.50. The number of aromatic nitrogens is 3. The van der Waals surface area contributed by atoms with Crippen LogP contribution < -0.4 is 0 Å². The number of carbonyl (C=O) groups excluding carboxylic acids is 1. The van der Waals surface area contributed by atoms with Crippen LogP contribution in [-0.2, 0) is 11.2 Å². The zero-order chi connectivity index (χ0) is 18.8. The summed E-state index contributed by atoms with van der Waals surface area (Å²) < 4.78 is 10.9. The van der Waals surface area contributed by atoms with Gasteiger partial charge in [0, 0.05) is 38.6 Å². The Morgan fingerprint density at radius 1 is 1.22 bits per heavy atom. The van der Waals surface area contributed by atoms with E-state index in [2.05, 4.69) is 15.1 Å². The third-order valence-electron chi connectivity index (χ3n) is 5.50. The first-order valence-corrected chi connectivity index (χ1v) is 10.6. The molecule has 1 atom stereocenters. The molecule has 2 aliphatic heterocycles. The van der Waals surface area contributed by atoms with Crippen LogP contribution in [0.4, 0.5) is 0 Å². The maximum atomic E-state index is 12.7. The number of likely N-dealkylation sites (tertiary alicyclic amines) is 1. The van der Waals surface area contributed by atoms with Crippen LogP contribution in [0.1, 0.15) is 63.7 Å². The largest absolute Gasteiger partial charge is 0.381 e. The van der Waals surface area contributed by atoms with Gasteiger partial charge in [-0.3, -0.25) is 4.79 Å². The molecule has 1 amide bonds. The van der Waals surface area contributed by atoms with Crippen molar-refractivity contribution in [3.63, 3.8) is 0 Å². The number of hydrogen-bond acceptors (Lipinski definition) is 7. The second-order valence-corrected chi connectivity index (χ2v) is 8.73. The molecule has 7 nitrogen and oxygen atoms in total. The van der Waals surface area contributed by atoms with E-state index < -0.39 is 0 Å². The predicted octanol–water partition coefficient (Wildman–Crippen LogP) is 3.13. The smallest absolute Gasteiger partial charge is 0.265 e. The van der Waals surface area contributed by atoms with Gasteiger partial charge >= 0.3 is 0 Å². The maximum Gasteiger partial charge on any atom is 0.265 e. The summed E-state index contributed by atoms with van der Waals surface area (Å²) in [7, 11) is 0. The van der Waals surface area contributed by atoms with E-state index >= 15 is 0 Å². The average Bonchev–Trinajstić information content (AvgIpc) is 3.40. The number of carbonyl (C=O) groups is 1. The van der Waals surface area contributed by atoms with Crippen molar-refractivity contribution in [1.82, 2.24) is 20.0 Å². The monoisotopic (exact) mass is 390 g/mol. The van der Waals surface area contributed by atoms with E-state index in [1.165, 1.54) is 11.3 Å². The van der Waals surface area contributed by atoms with E-state index in [1.54, 1.807) is 0 Å². The molecule has 4 rings (SSSR count). The standard InChI is InChI=1S/C19H26N4O3S/c1-12-17(27-13(2)20-12)19(24)23-8-5-14(11-23)3-4-16-21-18(26-22-16)15-6-9-25-10-7-15/h14-15H,3-11H2,1-2H3. The number of ether oxygens (including phenoxy) is 1. The normalized spacial score (nSPS) is 21.1. The highest BCUT2D eigenvalue weighted by Crippen LogP contribution is 2.28. The van der Waals surface area contributed by atoms with E-state index in [-0.39, 0.29) is 5.91 Å². The van der Waals surface area contributed by atoms with Crippen molar-refractivity contribution in [2.45, 2.75) is 51.9 Å². The van der Waals surface area contributed by atoms with Gasteiger partial charge in [0.1, 0.15) is 4.88 Å². The molecule has 2 aromatic rings. The number of nitrogens with zero attached hydrogens (tertiary/aromatic N) is 4. The SMILES string of the molecule is Cc1nc(C)c(C(=O)N2CCC(CCc3noc(C4CCOCC4)n3)C2)s1. The van der Waals surface area contributed by atoms with Gasteiger partial charge in [-0.05, 0) is 45.4 Å². The van der Waals surface area contributed by atoms with Crippen molar-refractivity contribution in [2.75, 3.05) is 26.3 Å². The highest BCUT2D eigenvalue weighted by atomic mass is 32.1. The van der Waals surface area contributed by atoms with Gasteiger partial charge in [0.25, 0.3) is 5.91 Å². The number of amides is 1. The topological polar surface area (TPSA) is 81.4 Å². The van der Waals surface area contributed by atoms with E-state index in [0.717, 1.165) is 85.7 Å². The second kappa shape index (κ2) is 8.06. The van der Waals surface area contributed by atoms with Gasteiger partial charge in [0.05, 0.1) is 10.7 Å². The highest BCUT2D eigenvalue weighted by Gasteiger charge is 2.29. The first-order valence-electron chi connectivity index (χ1n) is 9.73. The van der Waals surface area contributed by atoms with E-state index in [9.17, 15) is 4.79 Å². The van der Waals surface area contributed by atoms with Gasteiger partial charge in [0.2, 0.25) is 5.89 Å². The van der Waals surface area contributed by atoms with Crippen molar-refractivity contribution < 1.29 is 14.1 Å². The van der Waals surface area contributed by atoms with Crippen LogP contribution in [0.2, 0.25) is 0 Å². The predicted molar refractivity (Wildman–Crippen MR) is 101 cm³/mol. The van der Waals surface area contributed by atoms with Crippen LogP contribution in [0.15, 0.2) is 4.52 Å².